The lowest BCUT2D eigenvalue weighted by molar-refractivity contribution is 1.26. The van der Waals surface area contributed by atoms with Crippen LogP contribution in [0.15, 0.2) is 27.4 Å². The van der Waals surface area contributed by atoms with E-state index >= 15 is 0 Å². The van der Waals surface area contributed by atoms with Crippen LogP contribution >= 0.6 is 15.9 Å². The fourth-order valence-corrected chi connectivity index (χ4v) is 0.385. The number of halogens is 1. The Morgan fingerprint density at radius 2 is 2.22 bits per heavy atom. The number of hydrogen-bond donors (Lipinski definition) is 1. The molecule has 0 atom stereocenters. The summed E-state index contributed by atoms with van der Waals surface area (Å²) in [6.45, 7) is 5.16. The van der Waals surface area contributed by atoms with Gasteiger partial charge in [-0.3, -0.25) is 0 Å². The van der Waals surface area contributed by atoms with Crippen molar-refractivity contribution in [2.24, 2.45) is 10.7 Å². The standard InChI is InChI=1S/C6H9BrN2/c1-5(7)3-4-6(8)9-2/h3-4H,2,8H2,1H3/b5-3+,6-4-. The zero-order valence-electron chi connectivity index (χ0n) is 5.26. The highest BCUT2D eigenvalue weighted by molar-refractivity contribution is 9.11. The van der Waals surface area contributed by atoms with Crippen LogP contribution in [0.2, 0.25) is 0 Å². The van der Waals surface area contributed by atoms with Crippen LogP contribution < -0.4 is 5.73 Å². The van der Waals surface area contributed by atoms with Gasteiger partial charge in [-0.25, -0.2) is 4.99 Å². The highest BCUT2D eigenvalue weighted by atomic mass is 79.9. The molecule has 0 radical (unpaired) electrons. The molecule has 0 aromatic carbocycles. The van der Waals surface area contributed by atoms with Gasteiger partial charge in [-0.2, -0.15) is 0 Å². The maximum atomic E-state index is 5.29. The molecular weight excluding hydrogens is 180 g/mol. The Morgan fingerprint density at radius 3 is 2.56 bits per heavy atom. The largest absolute Gasteiger partial charge is 0.384 e. The summed E-state index contributed by atoms with van der Waals surface area (Å²) >= 11 is 3.23. The van der Waals surface area contributed by atoms with Crippen molar-refractivity contribution in [3.8, 4) is 0 Å². The number of hydrogen-bond acceptors (Lipinski definition) is 2. The minimum absolute atomic E-state index is 0.425. The summed E-state index contributed by atoms with van der Waals surface area (Å²) in [5.41, 5.74) is 5.29. The first kappa shape index (κ1) is 8.43. The maximum absolute atomic E-state index is 5.29. The zero-order valence-corrected chi connectivity index (χ0v) is 6.85. The number of rotatable bonds is 2. The van der Waals surface area contributed by atoms with Crippen molar-refractivity contribution in [2.75, 3.05) is 0 Å². The van der Waals surface area contributed by atoms with Gasteiger partial charge < -0.3 is 5.73 Å². The van der Waals surface area contributed by atoms with E-state index in [0.29, 0.717) is 5.82 Å². The van der Waals surface area contributed by atoms with Crippen LogP contribution in [0.4, 0.5) is 0 Å². The van der Waals surface area contributed by atoms with Crippen LogP contribution in [0.1, 0.15) is 6.92 Å². The molecule has 2 nitrogen and oxygen atoms in total. The Labute approximate surface area is 63.3 Å². The first-order chi connectivity index (χ1) is 4.16. The molecule has 2 N–H and O–H groups in total. The molecule has 0 aromatic heterocycles. The van der Waals surface area contributed by atoms with E-state index in [0.717, 1.165) is 4.48 Å². The smallest absolute Gasteiger partial charge is 0.122 e. The SMILES string of the molecule is C=N/C(N)=C\C=C(/C)Br. The van der Waals surface area contributed by atoms with Gasteiger partial charge in [-0.05, 0) is 30.3 Å². The van der Waals surface area contributed by atoms with E-state index in [2.05, 4.69) is 27.6 Å². The lowest BCUT2D eigenvalue weighted by Crippen LogP contribution is -1.90. The molecule has 0 saturated carbocycles. The molecule has 0 amide bonds. The van der Waals surface area contributed by atoms with E-state index in [4.69, 9.17) is 5.73 Å². The first-order valence-electron chi connectivity index (χ1n) is 2.43. The summed E-state index contributed by atoms with van der Waals surface area (Å²) in [5, 5.41) is 0. The lowest BCUT2D eigenvalue weighted by atomic mass is 10.5. The fraction of sp³-hybridized carbons (Fsp3) is 0.167. The molecular formula is C6H9BrN2. The highest BCUT2D eigenvalue weighted by Crippen LogP contribution is 2.01. The van der Waals surface area contributed by atoms with E-state index in [9.17, 15) is 0 Å². The molecule has 0 rings (SSSR count). The number of allylic oxidation sites excluding steroid dienone is 3. The van der Waals surface area contributed by atoms with E-state index in [1.807, 2.05) is 13.0 Å². The molecule has 0 aromatic rings. The van der Waals surface area contributed by atoms with Gasteiger partial charge in [0.15, 0.2) is 0 Å². The van der Waals surface area contributed by atoms with Crippen molar-refractivity contribution < 1.29 is 0 Å². The number of nitrogens with zero attached hydrogens (tertiary/aromatic N) is 1. The van der Waals surface area contributed by atoms with E-state index < -0.39 is 0 Å². The molecule has 0 heterocycles. The summed E-state index contributed by atoms with van der Waals surface area (Å²) in [6.07, 6.45) is 3.49. The normalized spacial score (nSPS) is 13.6. The van der Waals surface area contributed by atoms with Crippen molar-refractivity contribution in [3.05, 3.63) is 22.5 Å². The van der Waals surface area contributed by atoms with Crippen LogP contribution in [-0.2, 0) is 0 Å². The summed E-state index contributed by atoms with van der Waals surface area (Å²) in [4.78, 5) is 3.48. The molecule has 9 heavy (non-hydrogen) atoms. The van der Waals surface area contributed by atoms with Crippen molar-refractivity contribution in [1.29, 1.82) is 0 Å². The number of aliphatic imine (C=N–C) groups is 1. The van der Waals surface area contributed by atoms with Crippen molar-refractivity contribution in [2.45, 2.75) is 6.92 Å². The fourth-order valence-electron chi connectivity index (χ4n) is 0.253. The predicted molar refractivity (Wildman–Crippen MR) is 44.5 cm³/mol. The third kappa shape index (κ3) is 5.30. The van der Waals surface area contributed by atoms with E-state index in [1.165, 1.54) is 0 Å². The van der Waals surface area contributed by atoms with Gasteiger partial charge in [0.25, 0.3) is 0 Å². The first-order valence-corrected chi connectivity index (χ1v) is 3.22. The molecule has 0 bridgehead atoms. The number of nitrogens with two attached hydrogens (primary N) is 1. The molecule has 0 aliphatic heterocycles. The molecule has 0 spiro atoms. The monoisotopic (exact) mass is 188 g/mol. The van der Waals surface area contributed by atoms with Crippen LogP contribution in [-0.4, -0.2) is 6.72 Å². The van der Waals surface area contributed by atoms with Crippen molar-refractivity contribution >= 4 is 22.6 Å². The van der Waals surface area contributed by atoms with Gasteiger partial charge in [0.05, 0.1) is 0 Å². The Bertz CT molecular complexity index is 154. The van der Waals surface area contributed by atoms with Crippen LogP contribution in [0.5, 0.6) is 0 Å². The second-order valence-electron chi connectivity index (χ2n) is 1.50. The molecule has 0 unspecified atom stereocenters. The molecule has 0 saturated heterocycles. The highest BCUT2D eigenvalue weighted by Gasteiger charge is 1.77. The third-order valence-corrected chi connectivity index (χ3v) is 0.931. The Hall–Kier alpha value is -0.570. The van der Waals surface area contributed by atoms with Gasteiger partial charge in [0.1, 0.15) is 5.82 Å². The summed E-state index contributed by atoms with van der Waals surface area (Å²) in [7, 11) is 0. The average Bonchev–Trinajstić information content (AvgIpc) is 1.83. The van der Waals surface area contributed by atoms with Gasteiger partial charge >= 0.3 is 0 Å². The van der Waals surface area contributed by atoms with Gasteiger partial charge in [0.2, 0.25) is 0 Å². The van der Waals surface area contributed by atoms with Gasteiger partial charge in [0, 0.05) is 0 Å². The second kappa shape index (κ2) is 4.32. The predicted octanol–water partition coefficient (Wildman–Crippen LogP) is 1.79. The lowest BCUT2D eigenvalue weighted by Gasteiger charge is -1.85. The Balaban J connectivity index is 3.98. The van der Waals surface area contributed by atoms with Crippen LogP contribution in [0, 0.1) is 0 Å². The topological polar surface area (TPSA) is 38.4 Å². The van der Waals surface area contributed by atoms with E-state index in [1.54, 1.807) is 6.08 Å². The zero-order chi connectivity index (χ0) is 7.28. The third-order valence-electron chi connectivity index (χ3n) is 0.666. The Morgan fingerprint density at radius 1 is 1.67 bits per heavy atom. The summed E-state index contributed by atoms with van der Waals surface area (Å²) in [5.74, 6) is 0.425. The van der Waals surface area contributed by atoms with Crippen molar-refractivity contribution in [1.82, 2.24) is 0 Å². The molecule has 0 aliphatic rings. The van der Waals surface area contributed by atoms with Crippen molar-refractivity contribution in [3.63, 3.8) is 0 Å². The summed E-state index contributed by atoms with van der Waals surface area (Å²) < 4.78 is 1.01. The minimum Gasteiger partial charge on any atom is -0.384 e. The van der Waals surface area contributed by atoms with Gasteiger partial charge in [-0.1, -0.05) is 15.9 Å². The van der Waals surface area contributed by atoms with Gasteiger partial charge in [-0.15, -0.1) is 0 Å². The van der Waals surface area contributed by atoms with E-state index in [-0.39, 0.29) is 0 Å². The molecule has 3 heteroatoms. The molecule has 0 aliphatic carbocycles. The summed E-state index contributed by atoms with van der Waals surface area (Å²) in [6, 6.07) is 0. The minimum atomic E-state index is 0.425. The second-order valence-corrected chi connectivity index (χ2v) is 2.75. The van der Waals surface area contributed by atoms with Crippen LogP contribution in [0.3, 0.4) is 0 Å². The molecule has 50 valence electrons. The van der Waals surface area contributed by atoms with Crippen LogP contribution in [0.25, 0.3) is 0 Å². The maximum Gasteiger partial charge on any atom is 0.122 e. The molecule has 0 fully saturated rings. The average molecular weight is 189 g/mol. The quantitative estimate of drug-likeness (QED) is 0.521. The Kier molecular flexibility index (Phi) is 4.05.